The summed E-state index contributed by atoms with van der Waals surface area (Å²) in [6.07, 6.45) is 6.58. The first-order valence-electron chi connectivity index (χ1n) is 4.82. The molecule has 0 unspecified atom stereocenters. The van der Waals surface area contributed by atoms with E-state index in [1.807, 2.05) is 24.3 Å². The van der Waals surface area contributed by atoms with E-state index in [0.29, 0.717) is 0 Å². The van der Waals surface area contributed by atoms with Crippen molar-refractivity contribution in [3.8, 4) is 5.75 Å². The molecule has 80 valence electrons. The predicted octanol–water partition coefficient (Wildman–Crippen LogP) is 2.24. The summed E-state index contributed by atoms with van der Waals surface area (Å²) in [4.78, 5) is 12.3. The lowest BCUT2D eigenvalue weighted by molar-refractivity contribution is 0.415. The smallest absolute Gasteiger partial charge is 0.121 e. The zero-order chi connectivity index (χ0) is 11.2. The second kappa shape index (κ2) is 5.02. The molecule has 0 spiro atoms. The Morgan fingerprint density at radius 3 is 3.00 bits per heavy atom. The molecule has 0 aliphatic rings. The molecule has 0 bridgehead atoms. The number of aliphatic imine (C=N–C) groups is 1. The predicted molar refractivity (Wildman–Crippen MR) is 62.3 cm³/mol. The van der Waals surface area contributed by atoms with Gasteiger partial charge >= 0.3 is 0 Å². The SMILES string of the molecule is COc1cccc(/N=C/c2cnccn2)c1. The van der Waals surface area contributed by atoms with E-state index in [1.54, 1.807) is 31.9 Å². The summed E-state index contributed by atoms with van der Waals surface area (Å²) < 4.78 is 5.11. The molecule has 0 aliphatic carbocycles. The van der Waals surface area contributed by atoms with Crippen molar-refractivity contribution in [3.63, 3.8) is 0 Å². The maximum atomic E-state index is 5.11. The van der Waals surface area contributed by atoms with Crippen LogP contribution in [0.2, 0.25) is 0 Å². The van der Waals surface area contributed by atoms with Gasteiger partial charge in [-0.25, -0.2) is 0 Å². The van der Waals surface area contributed by atoms with Crippen molar-refractivity contribution in [2.45, 2.75) is 0 Å². The number of ether oxygens (including phenoxy) is 1. The van der Waals surface area contributed by atoms with Crippen LogP contribution in [-0.2, 0) is 0 Å². The third kappa shape index (κ3) is 2.63. The van der Waals surface area contributed by atoms with Crippen LogP contribution in [0, 0.1) is 0 Å². The molecule has 2 rings (SSSR count). The fourth-order valence-electron chi connectivity index (χ4n) is 1.21. The van der Waals surface area contributed by atoms with Crippen LogP contribution >= 0.6 is 0 Å². The quantitative estimate of drug-likeness (QED) is 0.734. The molecule has 1 aromatic heterocycles. The summed E-state index contributed by atoms with van der Waals surface area (Å²) in [6, 6.07) is 7.52. The number of aromatic nitrogens is 2. The first kappa shape index (κ1) is 10.3. The molecular formula is C12H11N3O. The van der Waals surface area contributed by atoms with E-state index in [9.17, 15) is 0 Å². The molecule has 0 fully saturated rings. The number of nitrogens with zero attached hydrogens (tertiary/aromatic N) is 3. The van der Waals surface area contributed by atoms with E-state index in [1.165, 1.54) is 0 Å². The lowest BCUT2D eigenvalue weighted by atomic mass is 10.3. The lowest BCUT2D eigenvalue weighted by Gasteiger charge is -1.99. The molecule has 16 heavy (non-hydrogen) atoms. The minimum atomic E-state index is 0.727. The summed E-state index contributed by atoms with van der Waals surface area (Å²) in [5.41, 5.74) is 1.55. The van der Waals surface area contributed by atoms with Crippen molar-refractivity contribution in [1.82, 2.24) is 9.97 Å². The van der Waals surface area contributed by atoms with Gasteiger partial charge in [-0.1, -0.05) is 6.07 Å². The highest BCUT2D eigenvalue weighted by atomic mass is 16.5. The Hall–Kier alpha value is -2.23. The monoisotopic (exact) mass is 213 g/mol. The molecule has 0 radical (unpaired) electrons. The topological polar surface area (TPSA) is 47.4 Å². The van der Waals surface area contributed by atoms with Gasteiger partial charge in [-0.3, -0.25) is 15.0 Å². The molecule has 0 amide bonds. The van der Waals surface area contributed by atoms with E-state index in [2.05, 4.69) is 15.0 Å². The van der Waals surface area contributed by atoms with E-state index in [-0.39, 0.29) is 0 Å². The molecule has 0 saturated heterocycles. The summed E-state index contributed by atoms with van der Waals surface area (Å²) in [5, 5.41) is 0. The van der Waals surface area contributed by atoms with Crippen LogP contribution < -0.4 is 4.74 Å². The maximum absolute atomic E-state index is 5.11. The van der Waals surface area contributed by atoms with Crippen LogP contribution in [0.25, 0.3) is 0 Å². The van der Waals surface area contributed by atoms with Gasteiger partial charge in [0.05, 0.1) is 30.9 Å². The Bertz CT molecular complexity index is 483. The summed E-state index contributed by atoms with van der Waals surface area (Å²) in [7, 11) is 1.63. The van der Waals surface area contributed by atoms with E-state index in [0.717, 1.165) is 17.1 Å². The van der Waals surface area contributed by atoms with Crippen LogP contribution in [0.1, 0.15) is 5.69 Å². The van der Waals surface area contributed by atoms with Crippen molar-refractivity contribution >= 4 is 11.9 Å². The Morgan fingerprint density at radius 2 is 2.25 bits per heavy atom. The Labute approximate surface area is 93.7 Å². The van der Waals surface area contributed by atoms with E-state index >= 15 is 0 Å². The molecule has 1 aromatic carbocycles. The zero-order valence-electron chi connectivity index (χ0n) is 8.87. The molecule has 1 heterocycles. The largest absolute Gasteiger partial charge is 0.497 e. The number of hydrogen-bond donors (Lipinski definition) is 0. The van der Waals surface area contributed by atoms with Gasteiger partial charge in [-0.2, -0.15) is 0 Å². The number of benzene rings is 1. The average Bonchev–Trinajstić information content (AvgIpc) is 2.38. The fourth-order valence-corrected chi connectivity index (χ4v) is 1.21. The van der Waals surface area contributed by atoms with Crippen molar-refractivity contribution in [2.24, 2.45) is 4.99 Å². The summed E-state index contributed by atoms with van der Waals surface area (Å²) >= 11 is 0. The van der Waals surface area contributed by atoms with Gasteiger partial charge in [0.2, 0.25) is 0 Å². The highest BCUT2D eigenvalue weighted by Crippen LogP contribution is 2.18. The number of hydrogen-bond acceptors (Lipinski definition) is 4. The van der Waals surface area contributed by atoms with Crippen molar-refractivity contribution in [3.05, 3.63) is 48.5 Å². The molecule has 0 saturated carbocycles. The van der Waals surface area contributed by atoms with Crippen LogP contribution in [-0.4, -0.2) is 23.3 Å². The van der Waals surface area contributed by atoms with E-state index in [4.69, 9.17) is 4.74 Å². The van der Waals surface area contributed by atoms with E-state index < -0.39 is 0 Å². The molecular weight excluding hydrogens is 202 g/mol. The Morgan fingerprint density at radius 1 is 1.31 bits per heavy atom. The van der Waals surface area contributed by atoms with Crippen molar-refractivity contribution in [1.29, 1.82) is 0 Å². The zero-order valence-corrected chi connectivity index (χ0v) is 8.87. The second-order valence-electron chi connectivity index (χ2n) is 3.09. The Kier molecular flexibility index (Phi) is 3.23. The first-order valence-corrected chi connectivity index (χ1v) is 4.82. The molecule has 2 aromatic rings. The van der Waals surface area contributed by atoms with Crippen LogP contribution in [0.4, 0.5) is 5.69 Å². The molecule has 0 N–H and O–H groups in total. The van der Waals surface area contributed by atoms with Crippen molar-refractivity contribution < 1.29 is 4.74 Å². The maximum Gasteiger partial charge on any atom is 0.121 e. The summed E-state index contributed by atoms with van der Waals surface area (Å²) in [5.74, 6) is 0.786. The third-order valence-electron chi connectivity index (χ3n) is 1.98. The molecule has 4 nitrogen and oxygen atoms in total. The van der Waals surface area contributed by atoms with Crippen LogP contribution in [0.3, 0.4) is 0 Å². The standard InChI is InChI=1S/C12H11N3O/c1-16-12-4-2-3-10(7-12)15-9-11-8-13-5-6-14-11/h2-9H,1H3/b15-9+. The fraction of sp³-hybridized carbons (Fsp3) is 0.0833. The lowest BCUT2D eigenvalue weighted by Crippen LogP contribution is -1.86. The van der Waals surface area contributed by atoms with Gasteiger partial charge < -0.3 is 4.74 Å². The molecule has 4 heteroatoms. The van der Waals surface area contributed by atoms with Gasteiger partial charge in [-0.15, -0.1) is 0 Å². The molecule has 0 atom stereocenters. The first-order chi connectivity index (χ1) is 7.88. The number of methoxy groups -OCH3 is 1. The van der Waals surface area contributed by atoms with Crippen molar-refractivity contribution in [2.75, 3.05) is 7.11 Å². The molecule has 0 aliphatic heterocycles. The average molecular weight is 213 g/mol. The van der Waals surface area contributed by atoms with Gasteiger partial charge in [0.15, 0.2) is 0 Å². The minimum absolute atomic E-state index is 0.727. The summed E-state index contributed by atoms with van der Waals surface area (Å²) in [6.45, 7) is 0. The second-order valence-corrected chi connectivity index (χ2v) is 3.09. The van der Waals surface area contributed by atoms with Gasteiger partial charge in [0, 0.05) is 18.5 Å². The highest BCUT2D eigenvalue weighted by Gasteiger charge is 1.93. The van der Waals surface area contributed by atoms with Crippen LogP contribution in [0.15, 0.2) is 47.8 Å². The number of rotatable bonds is 3. The van der Waals surface area contributed by atoms with Gasteiger partial charge in [0.1, 0.15) is 5.75 Å². The van der Waals surface area contributed by atoms with Gasteiger partial charge in [-0.05, 0) is 12.1 Å². The highest BCUT2D eigenvalue weighted by molar-refractivity contribution is 5.79. The third-order valence-corrected chi connectivity index (χ3v) is 1.98. The Balaban J connectivity index is 2.17. The minimum Gasteiger partial charge on any atom is -0.497 e. The normalized spacial score (nSPS) is 10.6. The van der Waals surface area contributed by atoms with Gasteiger partial charge in [0.25, 0.3) is 0 Å². The van der Waals surface area contributed by atoms with Crippen LogP contribution in [0.5, 0.6) is 5.75 Å².